The van der Waals surface area contributed by atoms with Crippen LogP contribution in [-0.4, -0.2) is 11.1 Å². The Kier molecular flexibility index (Phi) is 5.55. The predicted molar refractivity (Wildman–Crippen MR) is 66.5 cm³/mol. The van der Waals surface area contributed by atoms with E-state index in [0.717, 1.165) is 0 Å². The molecule has 16 heavy (non-hydrogen) atoms. The minimum absolute atomic E-state index is 0.00301. The number of halogens is 4. The molecule has 0 N–H and O–H groups in total. The van der Waals surface area contributed by atoms with E-state index in [9.17, 15) is 13.6 Å². The summed E-state index contributed by atoms with van der Waals surface area (Å²) in [6, 6.07) is 4.75. The number of carbonyl (C=O) groups excluding carboxylic acids is 1. The van der Waals surface area contributed by atoms with Crippen LogP contribution >= 0.6 is 31.9 Å². The molecule has 0 aromatic heterocycles. The van der Waals surface area contributed by atoms with Crippen LogP contribution < -0.4 is 0 Å². The summed E-state index contributed by atoms with van der Waals surface area (Å²) in [6.07, 6.45) is -2.32. The quantitative estimate of drug-likeness (QED) is 0.729. The first kappa shape index (κ1) is 13.8. The van der Waals surface area contributed by atoms with Crippen LogP contribution in [-0.2, 0) is 16.5 Å². The number of rotatable bonds is 5. The van der Waals surface area contributed by atoms with Crippen LogP contribution in [0.2, 0.25) is 0 Å². The highest BCUT2D eigenvalue weighted by molar-refractivity contribution is 9.09. The van der Waals surface area contributed by atoms with Crippen molar-refractivity contribution >= 4 is 37.6 Å². The zero-order chi connectivity index (χ0) is 12.1. The minimum atomic E-state index is -2.51. The summed E-state index contributed by atoms with van der Waals surface area (Å²) in [5.74, 6) is -0.0215. The molecule has 1 rings (SSSR count). The molecule has 1 nitrogen and oxygen atoms in total. The third-order valence-corrected chi connectivity index (χ3v) is 3.37. The van der Waals surface area contributed by atoms with Crippen molar-refractivity contribution in [1.82, 2.24) is 0 Å². The van der Waals surface area contributed by atoms with E-state index >= 15 is 0 Å². The molecule has 0 aliphatic heterocycles. The second-order valence-corrected chi connectivity index (χ2v) is 4.44. The fraction of sp³-hybridized carbons (Fsp3) is 0.364. The van der Waals surface area contributed by atoms with Gasteiger partial charge in [0.2, 0.25) is 0 Å². The third kappa shape index (κ3) is 3.63. The van der Waals surface area contributed by atoms with Gasteiger partial charge in [-0.3, -0.25) is 4.79 Å². The number of hydrogen-bond donors (Lipinski definition) is 0. The van der Waals surface area contributed by atoms with E-state index in [4.69, 9.17) is 0 Å². The summed E-state index contributed by atoms with van der Waals surface area (Å²) in [5, 5.41) is 0.635. The van der Waals surface area contributed by atoms with Crippen molar-refractivity contribution in [2.24, 2.45) is 0 Å². The fourth-order valence-electron chi connectivity index (χ4n) is 1.35. The van der Waals surface area contributed by atoms with E-state index in [0.29, 0.717) is 16.5 Å². The molecule has 0 bridgehead atoms. The molecule has 0 fully saturated rings. The average Bonchev–Trinajstić information content (AvgIpc) is 2.28. The predicted octanol–water partition coefficient (Wildman–Crippen LogP) is 4.03. The maximum Gasteiger partial charge on any atom is 0.264 e. The van der Waals surface area contributed by atoms with Crippen molar-refractivity contribution in [2.75, 3.05) is 5.33 Å². The topological polar surface area (TPSA) is 17.1 Å². The van der Waals surface area contributed by atoms with Gasteiger partial charge in [-0.05, 0) is 17.2 Å². The smallest absolute Gasteiger partial charge is 0.264 e. The van der Waals surface area contributed by atoms with Crippen LogP contribution in [0.3, 0.4) is 0 Å². The summed E-state index contributed by atoms with van der Waals surface area (Å²) in [7, 11) is 0. The van der Waals surface area contributed by atoms with Crippen molar-refractivity contribution < 1.29 is 13.6 Å². The zero-order valence-corrected chi connectivity index (χ0v) is 11.5. The number of ketones is 1. The van der Waals surface area contributed by atoms with Crippen molar-refractivity contribution in [1.29, 1.82) is 0 Å². The summed E-state index contributed by atoms with van der Waals surface area (Å²) >= 11 is 6.20. The van der Waals surface area contributed by atoms with Gasteiger partial charge in [-0.15, -0.1) is 0 Å². The maximum atomic E-state index is 12.7. The number of carbonyl (C=O) groups is 1. The van der Waals surface area contributed by atoms with Crippen LogP contribution in [0.4, 0.5) is 8.78 Å². The average molecular weight is 356 g/mol. The minimum Gasteiger partial charge on any atom is -0.298 e. The van der Waals surface area contributed by atoms with Gasteiger partial charge < -0.3 is 0 Å². The number of hydrogen-bond acceptors (Lipinski definition) is 1. The van der Waals surface area contributed by atoms with Crippen molar-refractivity contribution in [3.8, 4) is 0 Å². The Morgan fingerprint density at radius 3 is 2.50 bits per heavy atom. The molecule has 0 heterocycles. The molecule has 0 spiro atoms. The highest BCUT2D eigenvalue weighted by Gasteiger charge is 2.13. The summed E-state index contributed by atoms with van der Waals surface area (Å²) in [6.45, 7) is 0. The van der Waals surface area contributed by atoms with Gasteiger partial charge in [0.1, 0.15) is 5.78 Å². The van der Waals surface area contributed by atoms with Gasteiger partial charge in [0.05, 0.1) is 5.33 Å². The molecule has 0 saturated carbocycles. The molecular formula is C11H10Br2F2O. The Bertz CT molecular complexity index is 380. The fourth-order valence-corrected chi connectivity index (χ4v) is 2.06. The van der Waals surface area contributed by atoms with E-state index < -0.39 is 6.43 Å². The Morgan fingerprint density at radius 2 is 2.00 bits per heavy atom. The SMILES string of the molecule is O=C(CBr)Cc1ccc(CBr)c(C(F)F)c1. The first-order valence-electron chi connectivity index (χ1n) is 4.62. The molecule has 5 heteroatoms. The Hall–Kier alpha value is -0.290. The molecule has 0 aliphatic carbocycles. The van der Waals surface area contributed by atoms with Gasteiger partial charge in [0, 0.05) is 17.3 Å². The largest absolute Gasteiger partial charge is 0.298 e. The Labute approximate surface area is 109 Å². The van der Waals surface area contributed by atoms with Crippen molar-refractivity contribution in [2.45, 2.75) is 18.2 Å². The molecule has 0 aliphatic rings. The summed E-state index contributed by atoms with van der Waals surface area (Å²) in [5.41, 5.74) is 1.19. The lowest BCUT2D eigenvalue weighted by Crippen LogP contribution is -2.04. The standard InChI is InChI=1S/C11H10Br2F2O/c12-5-8-2-1-7(3-9(16)6-13)4-10(8)11(14)15/h1-2,4,11H,3,5-6H2. The Morgan fingerprint density at radius 1 is 1.31 bits per heavy atom. The van der Waals surface area contributed by atoms with Crippen LogP contribution in [0.5, 0.6) is 0 Å². The first-order chi connectivity index (χ1) is 7.58. The summed E-state index contributed by atoms with van der Waals surface area (Å²) < 4.78 is 25.4. The molecule has 0 radical (unpaired) electrons. The van der Waals surface area contributed by atoms with E-state index in [-0.39, 0.29) is 23.1 Å². The maximum absolute atomic E-state index is 12.7. The van der Waals surface area contributed by atoms with Gasteiger partial charge >= 0.3 is 0 Å². The van der Waals surface area contributed by atoms with Crippen molar-refractivity contribution in [3.05, 3.63) is 34.9 Å². The number of alkyl halides is 4. The lowest BCUT2D eigenvalue weighted by atomic mass is 10.0. The third-order valence-electron chi connectivity index (χ3n) is 2.14. The highest BCUT2D eigenvalue weighted by atomic mass is 79.9. The monoisotopic (exact) mass is 354 g/mol. The van der Waals surface area contributed by atoms with Gasteiger partial charge in [-0.2, -0.15) is 0 Å². The highest BCUT2D eigenvalue weighted by Crippen LogP contribution is 2.26. The molecule has 0 saturated heterocycles. The van der Waals surface area contributed by atoms with E-state index in [2.05, 4.69) is 31.9 Å². The molecule has 0 amide bonds. The van der Waals surface area contributed by atoms with E-state index in [1.807, 2.05) is 0 Å². The lowest BCUT2D eigenvalue weighted by Gasteiger charge is -2.08. The van der Waals surface area contributed by atoms with E-state index in [1.54, 1.807) is 12.1 Å². The molecular weight excluding hydrogens is 346 g/mol. The van der Waals surface area contributed by atoms with Gasteiger partial charge in [0.15, 0.2) is 0 Å². The van der Waals surface area contributed by atoms with Gasteiger partial charge in [-0.25, -0.2) is 8.78 Å². The second kappa shape index (κ2) is 6.45. The molecule has 0 atom stereocenters. The van der Waals surface area contributed by atoms with Crippen LogP contribution in [0.25, 0.3) is 0 Å². The second-order valence-electron chi connectivity index (χ2n) is 3.32. The van der Waals surface area contributed by atoms with Crippen LogP contribution in [0.15, 0.2) is 18.2 Å². The number of benzene rings is 1. The molecule has 0 unspecified atom stereocenters. The van der Waals surface area contributed by atoms with E-state index in [1.165, 1.54) is 6.07 Å². The molecule has 1 aromatic rings. The Balaban J connectivity index is 2.97. The normalized spacial score (nSPS) is 10.8. The van der Waals surface area contributed by atoms with Crippen LogP contribution in [0.1, 0.15) is 23.1 Å². The van der Waals surface area contributed by atoms with Gasteiger partial charge in [0.25, 0.3) is 6.43 Å². The van der Waals surface area contributed by atoms with Gasteiger partial charge in [-0.1, -0.05) is 44.0 Å². The zero-order valence-electron chi connectivity index (χ0n) is 8.35. The van der Waals surface area contributed by atoms with Crippen molar-refractivity contribution in [3.63, 3.8) is 0 Å². The number of Topliss-reactive ketones (excluding diaryl/α,β-unsaturated/α-hetero) is 1. The molecule has 1 aromatic carbocycles. The first-order valence-corrected chi connectivity index (χ1v) is 6.86. The molecule has 88 valence electrons. The van der Waals surface area contributed by atoms with Crippen LogP contribution in [0, 0.1) is 0 Å². The summed E-state index contributed by atoms with van der Waals surface area (Å²) in [4.78, 5) is 11.2. The lowest BCUT2D eigenvalue weighted by molar-refractivity contribution is -0.115.